The van der Waals surface area contributed by atoms with Crippen LogP contribution in [0.5, 0.6) is 0 Å². The molecule has 0 saturated carbocycles. The summed E-state index contributed by atoms with van der Waals surface area (Å²) in [5.41, 5.74) is 13.3. The molecule has 0 unspecified atom stereocenters. The number of rotatable bonds is 1. The first-order chi connectivity index (χ1) is 16.9. The lowest BCUT2D eigenvalue weighted by atomic mass is 9.95. The second kappa shape index (κ2) is 6.56. The van der Waals surface area contributed by atoms with Crippen LogP contribution in [0.3, 0.4) is 0 Å². The van der Waals surface area contributed by atoms with Gasteiger partial charge in [0.15, 0.2) is 0 Å². The molecular weight excluding hydrogens is 408 g/mol. The fourth-order valence-electron chi connectivity index (χ4n) is 6.11. The largest absolute Gasteiger partial charge is 0.0616 e. The Labute approximate surface area is 198 Å². The Morgan fingerprint density at radius 2 is 1.09 bits per heavy atom. The summed E-state index contributed by atoms with van der Waals surface area (Å²) in [5.74, 6) is 0. The van der Waals surface area contributed by atoms with Gasteiger partial charge in [-0.05, 0) is 95.4 Å². The predicted molar refractivity (Wildman–Crippen MR) is 145 cm³/mol. The minimum Gasteiger partial charge on any atom is -0.0616 e. The van der Waals surface area contributed by atoms with Crippen LogP contribution in [0.15, 0.2) is 115 Å². The first kappa shape index (κ1) is 18.1. The van der Waals surface area contributed by atoms with E-state index in [-0.39, 0.29) is 0 Å². The van der Waals surface area contributed by atoms with Gasteiger partial charge in [0.2, 0.25) is 0 Å². The van der Waals surface area contributed by atoms with Gasteiger partial charge in [-0.15, -0.1) is 0 Å². The highest BCUT2D eigenvalue weighted by atomic mass is 14.3. The Morgan fingerprint density at radius 1 is 0.412 bits per heavy atom. The van der Waals surface area contributed by atoms with Crippen LogP contribution < -0.4 is 0 Å². The van der Waals surface area contributed by atoms with Crippen LogP contribution in [0.25, 0.3) is 66.6 Å². The molecule has 6 aromatic rings. The monoisotopic (exact) mass is 428 g/mol. The van der Waals surface area contributed by atoms with Crippen LogP contribution in [0.4, 0.5) is 0 Å². The maximum atomic E-state index is 2.39. The molecule has 0 spiro atoms. The van der Waals surface area contributed by atoms with E-state index in [1.165, 1.54) is 77.2 Å². The zero-order valence-corrected chi connectivity index (χ0v) is 18.5. The van der Waals surface area contributed by atoms with Gasteiger partial charge in [0.05, 0.1) is 0 Å². The van der Waals surface area contributed by atoms with E-state index in [1.54, 1.807) is 0 Å². The number of hydrogen-bond donors (Lipinski definition) is 0. The summed E-state index contributed by atoms with van der Waals surface area (Å²) in [6.07, 6.45) is 2.39. The molecule has 0 bridgehead atoms. The van der Waals surface area contributed by atoms with Crippen LogP contribution in [0, 0.1) is 0 Å². The Balaban J connectivity index is 1.42. The molecule has 0 saturated heterocycles. The zero-order chi connectivity index (χ0) is 22.2. The summed E-state index contributed by atoms with van der Waals surface area (Å²) >= 11 is 0. The molecule has 0 radical (unpaired) electrons. The van der Waals surface area contributed by atoms with Crippen molar-refractivity contribution in [3.8, 4) is 33.4 Å². The highest BCUT2D eigenvalue weighted by Crippen LogP contribution is 2.50. The second-order valence-corrected chi connectivity index (χ2v) is 9.33. The molecule has 0 N–H and O–H groups in total. The molecule has 34 heavy (non-hydrogen) atoms. The topological polar surface area (TPSA) is 0 Å². The van der Waals surface area contributed by atoms with Gasteiger partial charge in [0.1, 0.15) is 0 Å². The number of fused-ring (bicyclic) bond motifs is 8. The van der Waals surface area contributed by atoms with Gasteiger partial charge in [-0.25, -0.2) is 0 Å². The van der Waals surface area contributed by atoms with Gasteiger partial charge in [0, 0.05) is 0 Å². The quantitative estimate of drug-likeness (QED) is 0.244. The first-order valence-corrected chi connectivity index (χ1v) is 11.9. The molecule has 2 aliphatic rings. The normalized spacial score (nSPS) is 13.9. The Bertz CT molecular complexity index is 1850. The highest BCUT2D eigenvalue weighted by Gasteiger charge is 2.26. The molecule has 6 aromatic carbocycles. The lowest BCUT2D eigenvalue weighted by Crippen LogP contribution is -1.85. The maximum absolute atomic E-state index is 2.39. The van der Waals surface area contributed by atoms with Crippen molar-refractivity contribution in [2.45, 2.75) is 0 Å². The second-order valence-electron chi connectivity index (χ2n) is 9.33. The molecule has 156 valence electrons. The van der Waals surface area contributed by atoms with Crippen LogP contribution in [0.1, 0.15) is 16.7 Å². The SMILES string of the molecule is C(=C1/c2ccccc2-c2c1ccc1ccccc21)/c1cc2c3c(cccc3c1)-c1ccccc1-2. The Kier molecular flexibility index (Phi) is 3.48. The van der Waals surface area contributed by atoms with E-state index in [9.17, 15) is 0 Å². The van der Waals surface area contributed by atoms with Crippen molar-refractivity contribution in [1.82, 2.24) is 0 Å². The fraction of sp³-hybridized carbons (Fsp3) is 0. The molecule has 0 atom stereocenters. The van der Waals surface area contributed by atoms with E-state index in [2.05, 4.69) is 121 Å². The van der Waals surface area contributed by atoms with Crippen LogP contribution >= 0.6 is 0 Å². The van der Waals surface area contributed by atoms with Gasteiger partial charge in [-0.1, -0.05) is 103 Å². The summed E-state index contributed by atoms with van der Waals surface area (Å²) in [6.45, 7) is 0. The molecule has 0 aliphatic heterocycles. The van der Waals surface area contributed by atoms with Crippen molar-refractivity contribution in [1.29, 1.82) is 0 Å². The average molecular weight is 429 g/mol. The molecule has 0 heterocycles. The van der Waals surface area contributed by atoms with Gasteiger partial charge in [-0.3, -0.25) is 0 Å². The first-order valence-electron chi connectivity index (χ1n) is 11.9. The van der Waals surface area contributed by atoms with Crippen molar-refractivity contribution in [2.75, 3.05) is 0 Å². The summed E-state index contributed by atoms with van der Waals surface area (Å²) in [4.78, 5) is 0. The Hall–Kier alpha value is -4.42. The highest BCUT2D eigenvalue weighted by molar-refractivity contribution is 6.18. The van der Waals surface area contributed by atoms with Gasteiger partial charge >= 0.3 is 0 Å². The van der Waals surface area contributed by atoms with Crippen LogP contribution in [-0.4, -0.2) is 0 Å². The van der Waals surface area contributed by atoms with Crippen molar-refractivity contribution in [3.63, 3.8) is 0 Å². The van der Waals surface area contributed by atoms with Crippen molar-refractivity contribution < 1.29 is 0 Å². The molecular formula is C34H20. The minimum atomic E-state index is 1.25. The third-order valence-corrected chi connectivity index (χ3v) is 7.52. The lowest BCUT2D eigenvalue weighted by Gasteiger charge is -2.08. The smallest absolute Gasteiger partial charge is 0.00204 e. The predicted octanol–water partition coefficient (Wildman–Crippen LogP) is 9.21. The fourth-order valence-corrected chi connectivity index (χ4v) is 6.11. The summed E-state index contributed by atoms with van der Waals surface area (Å²) in [7, 11) is 0. The molecule has 0 aromatic heterocycles. The van der Waals surface area contributed by atoms with Crippen molar-refractivity contribution in [2.24, 2.45) is 0 Å². The van der Waals surface area contributed by atoms with Gasteiger partial charge < -0.3 is 0 Å². The molecule has 2 aliphatic carbocycles. The third kappa shape index (κ3) is 2.32. The molecule has 8 rings (SSSR count). The summed E-state index contributed by atoms with van der Waals surface area (Å²) < 4.78 is 0. The van der Waals surface area contributed by atoms with Crippen LogP contribution in [0.2, 0.25) is 0 Å². The number of benzene rings is 6. The maximum Gasteiger partial charge on any atom is -0.00204 e. The van der Waals surface area contributed by atoms with E-state index >= 15 is 0 Å². The summed E-state index contributed by atoms with van der Waals surface area (Å²) in [5, 5.41) is 5.30. The molecule has 0 fully saturated rings. The Morgan fingerprint density at radius 3 is 1.97 bits per heavy atom. The van der Waals surface area contributed by atoms with Crippen LogP contribution in [-0.2, 0) is 0 Å². The van der Waals surface area contributed by atoms with Gasteiger partial charge in [-0.2, -0.15) is 0 Å². The molecule has 0 amide bonds. The molecule has 0 nitrogen and oxygen atoms in total. The zero-order valence-electron chi connectivity index (χ0n) is 18.5. The van der Waals surface area contributed by atoms with E-state index in [4.69, 9.17) is 0 Å². The van der Waals surface area contributed by atoms with E-state index in [0.29, 0.717) is 0 Å². The van der Waals surface area contributed by atoms with E-state index < -0.39 is 0 Å². The lowest BCUT2D eigenvalue weighted by molar-refractivity contribution is 1.66. The number of hydrogen-bond acceptors (Lipinski definition) is 0. The summed E-state index contributed by atoms with van der Waals surface area (Å²) in [6, 6.07) is 42.4. The van der Waals surface area contributed by atoms with E-state index in [0.717, 1.165) is 0 Å². The van der Waals surface area contributed by atoms with Crippen molar-refractivity contribution >= 4 is 33.2 Å². The third-order valence-electron chi connectivity index (χ3n) is 7.52. The molecule has 0 heteroatoms. The average Bonchev–Trinajstić information content (AvgIpc) is 3.39. The van der Waals surface area contributed by atoms with Crippen molar-refractivity contribution in [3.05, 3.63) is 132 Å². The minimum absolute atomic E-state index is 1.25. The standard InChI is InChI=1S/C34H20/c1-2-10-24-22(8-1)16-17-30-31(27-13-5-6-14-29(27)34(24)30)19-21-18-23-9-7-15-28-25-11-3-4-12-26(25)32(20-21)33(23)28/h1-20H/b31-19+. The van der Waals surface area contributed by atoms with E-state index in [1.807, 2.05) is 0 Å². The van der Waals surface area contributed by atoms with Gasteiger partial charge in [0.25, 0.3) is 0 Å².